The molecule has 3 rings (SSSR count). The smallest absolute Gasteiger partial charge is 0.206 e. The molecule has 0 saturated carbocycles. The van der Waals surface area contributed by atoms with E-state index in [-0.39, 0.29) is 0 Å². The van der Waals surface area contributed by atoms with Crippen molar-refractivity contribution in [3.63, 3.8) is 0 Å². The second-order valence-corrected chi connectivity index (χ2v) is 5.18. The van der Waals surface area contributed by atoms with Crippen molar-refractivity contribution >= 4 is 16.5 Å². The van der Waals surface area contributed by atoms with Crippen LogP contribution in [0.3, 0.4) is 0 Å². The molecule has 1 N–H and O–H groups in total. The van der Waals surface area contributed by atoms with E-state index in [4.69, 9.17) is 9.47 Å². The van der Waals surface area contributed by atoms with E-state index >= 15 is 0 Å². The van der Waals surface area contributed by atoms with E-state index in [9.17, 15) is 0 Å². The van der Waals surface area contributed by atoms with Gasteiger partial charge in [-0.25, -0.2) is 0 Å². The molecule has 0 bridgehead atoms. The Morgan fingerprint density at radius 3 is 2.89 bits per heavy atom. The lowest BCUT2D eigenvalue weighted by atomic mass is 10.2. The lowest BCUT2D eigenvalue weighted by Gasteiger charge is -2.18. The highest BCUT2D eigenvalue weighted by Crippen LogP contribution is 2.35. The first-order valence-electron chi connectivity index (χ1n) is 6.34. The maximum atomic E-state index is 5.57. The predicted molar refractivity (Wildman–Crippen MR) is 75.1 cm³/mol. The van der Waals surface area contributed by atoms with Crippen molar-refractivity contribution < 1.29 is 9.47 Å². The molecule has 100 valence electrons. The second kappa shape index (κ2) is 5.44. The van der Waals surface area contributed by atoms with Gasteiger partial charge in [-0.05, 0) is 24.6 Å². The fraction of sp³-hybridized carbons (Fsp3) is 0.385. The highest BCUT2D eigenvalue weighted by Gasteiger charge is 2.14. The summed E-state index contributed by atoms with van der Waals surface area (Å²) >= 11 is 1.55. The van der Waals surface area contributed by atoms with Crippen molar-refractivity contribution in [2.75, 3.05) is 25.1 Å². The number of aromatic nitrogens is 2. The summed E-state index contributed by atoms with van der Waals surface area (Å²) in [4.78, 5) is 0. The van der Waals surface area contributed by atoms with Crippen LogP contribution in [0.2, 0.25) is 0 Å². The number of hydrogen-bond acceptors (Lipinski definition) is 6. The van der Waals surface area contributed by atoms with Crippen molar-refractivity contribution in [2.24, 2.45) is 0 Å². The van der Waals surface area contributed by atoms with Crippen molar-refractivity contribution in [3.05, 3.63) is 18.2 Å². The van der Waals surface area contributed by atoms with E-state index in [1.807, 2.05) is 18.2 Å². The van der Waals surface area contributed by atoms with Crippen molar-refractivity contribution in [1.82, 2.24) is 10.2 Å². The molecule has 0 spiro atoms. The van der Waals surface area contributed by atoms with Crippen LogP contribution in [0, 0.1) is 0 Å². The topological polar surface area (TPSA) is 56.3 Å². The maximum Gasteiger partial charge on any atom is 0.206 e. The van der Waals surface area contributed by atoms with E-state index in [1.54, 1.807) is 11.3 Å². The summed E-state index contributed by atoms with van der Waals surface area (Å²) in [5.41, 5.74) is 1.01. The van der Waals surface area contributed by atoms with E-state index in [0.717, 1.165) is 40.2 Å². The molecule has 1 aromatic carbocycles. The molecular formula is C13H15N3O2S. The average molecular weight is 277 g/mol. The molecule has 2 aromatic rings. The van der Waals surface area contributed by atoms with Gasteiger partial charge in [-0.1, -0.05) is 18.3 Å². The lowest BCUT2D eigenvalue weighted by molar-refractivity contribution is 0.171. The molecule has 0 fully saturated rings. The Labute approximate surface area is 115 Å². The molecule has 0 amide bonds. The highest BCUT2D eigenvalue weighted by molar-refractivity contribution is 7.18. The summed E-state index contributed by atoms with van der Waals surface area (Å²) < 4.78 is 11.1. The Bertz CT molecular complexity index is 571. The molecule has 1 aromatic heterocycles. The fourth-order valence-corrected chi connectivity index (χ4v) is 2.59. The van der Waals surface area contributed by atoms with Crippen molar-refractivity contribution in [1.29, 1.82) is 0 Å². The third kappa shape index (κ3) is 2.63. The lowest BCUT2D eigenvalue weighted by Crippen LogP contribution is -2.15. The van der Waals surface area contributed by atoms with Gasteiger partial charge in [-0.3, -0.25) is 0 Å². The molecule has 0 atom stereocenters. The van der Waals surface area contributed by atoms with Gasteiger partial charge in [0.25, 0.3) is 0 Å². The summed E-state index contributed by atoms with van der Waals surface area (Å²) in [7, 11) is 0. The van der Waals surface area contributed by atoms with Crippen LogP contribution in [-0.4, -0.2) is 30.0 Å². The van der Waals surface area contributed by atoms with Crippen LogP contribution < -0.4 is 14.8 Å². The molecule has 0 radical (unpaired) electrons. The first-order chi connectivity index (χ1) is 9.36. The van der Waals surface area contributed by atoms with Gasteiger partial charge < -0.3 is 14.8 Å². The number of fused-ring (bicyclic) bond motifs is 1. The normalized spacial score (nSPS) is 13.3. The molecule has 0 aliphatic carbocycles. The summed E-state index contributed by atoms with van der Waals surface area (Å²) in [5.74, 6) is 1.57. The molecule has 1 aliphatic heterocycles. The Kier molecular flexibility index (Phi) is 3.50. The summed E-state index contributed by atoms with van der Waals surface area (Å²) in [6.07, 6.45) is 1.07. The molecule has 0 unspecified atom stereocenters. The van der Waals surface area contributed by atoms with Gasteiger partial charge in [-0.2, -0.15) is 0 Å². The molecular weight excluding hydrogens is 262 g/mol. The van der Waals surface area contributed by atoms with E-state index in [2.05, 4.69) is 22.4 Å². The third-order valence-corrected chi connectivity index (χ3v) is 3.67. The summed E-state index contributed by atoms with van der Waals surface area (Å²) in [5, 5.41) is 13.3. The first-order valence-corrected chi connectivity index (χ1v) is 7.16. The molecule has 19 heavy (non-hydrogen) atoms. The Hall–Kier alpha value is -1.82. The van der Waals surface area contributed by atoms with Crippen LogP contribution in [0.1, 0.15) is 13.3 Å². The first kappa shape index (κ1) is 12.2. The van der Waals surface area contributed by atoms with Crippen LogP contribution >= 0.6 is 11.3 Å². The maximum absolute atomic E-state index is 5.57. The number of nitrogens with zero attached hydrogens (tertiary/aromatic N) is 2. The van der Waals surface area contributed by atoms with E-state index in [1.165, 1.54) is 0 Å². The van der Waals surface area contributed by atoms with Gasteiger partial charge in [0.05, 0.1) is 0 Å². The zero-order chi connectivity index (χ0) is 13.1. The number of ether oxygens (including phenoxy) is 2. The SMILES string of the molecule is CCCNc1nnc(-c2ccc3c(c2)OCCO3)s1. The number of anilines is 1. The van der Waals surface area contributed by atoms with Crippen molar-refractivity contribution in [2.45, 2.75) is 13.3 Å². The van der Waals surface area contributed by atoms with Gasteiger partial charge in [0.2, 0.25) is 5.13 Å². The molecule has 6 heteroatoms. The van der Waals surface area contributed by atoms with Gasteiger partial charge in [0.1, 0.15) is 18.2 Å². The molecule has 5 nitrogen and oxygen atoms in total. The van der Waals surface area contributed by atoms with Crippen molar-refractivity contribution in [3.8, 4) is 22.1 Å². The third-order valence-electron chi connectivity index (χ3n) is 2.74. The quantitative estimate of drug-likeness (QED) is 0.931. The zero-order valence-electron chi connectivity index (χ0n) is 10.7. The zero-order valence-corrected chi connectivity index (χ0v) is 11.5. The predicted octanol–water partition coefficient (Wildman–Crippen LogP) is 2.80. The Morgan fingerprint density at radius 1 is 1.21 bits per heavy atom. The Balaban J connectivity index is 1.83. The largest absolute Gasteiger partial charge is 0.486 e. The molecule has 0 saturated heterocycles. The van der Waals surface area contributed by atoms with Crippen LogP contribution in [0.5, 0.6) is 11.5 Å². The molecule has 1 aliphatic rings. The van der Waals surface area contributed by atoms with E-state index < -0.39 is 0 Å². The minimum absolute atomic E-state index is 0.593. The molecule has 2 heterocycles. The van der Waals surface area contributed by atoms with Crippen LogP contribution in [0.15, 0.2) is 18.2 Å². The summed E-state index contributed by atoms with van der Waals surface area (Å²) in [6, 6.07) is 5.86. The van der Waals surface area contributed by atoms with Gasteiger partial charge >= 0.3 is 0 Å². The summed E-state index contributed by atoms with van der Waals surface area (Å²) in [6.45, 7) is 4.23. The monoisotopic (exact) mass is 277 g/mol. The van der Waals surface area contributed by atoms with E-state index in [0.29, 0.717) is 13.2 Å². The fourth-order valence-electron chi connectivity index (χ4n) is 1.82. The minimum Gasteiger partial charge on any atom is -0.486 e. The van der Waals surface area contributed by atoms with Crippen LogP contribution in [-0.2, 0) is 0 Å². The average Bonchev–Trinajstić information content (AvgIpc) is 2.93. The number of nitrogens with one attached hydrogen (secondary N) is 1. The van der Waals surface area contributed by atoms with Gasteiger partial charge in [-0.15, -0.1) is 10.2 Å². The van der Waals surface area contributed by atoms with Crippen LogP contribution in [0.4, 0.5) is 5.13 Å². The Morgan fingerprint density at radius 2 is 2.05 bits per heavy atom. The number of benzene rings is 1. The van der Waals surface area contributed by atoms with Gasteiger partial charge in [0.15, 0.2) is 11.5 Å². The standard InChI is InChI=1S/C13H15N3O2S/c1-2-5-14-13-16-15-12(19-13)9-3-4-10-11(8-9)18-7-6-17-10/h3-4,8H,2,5-7H2,1H3,(H,14,16). The number of rotatable bonds is 4. The van der Waals surface area contributed by atoms with Gasteiger partial charge in [0, 0.05) is 12.1 Å². The second-order valence-electron chi connectivity index (χ2n) is 4.20. The van der Waals surface area contributed by atoms with Crippen LogP contribution in [0.25, 0.3) is 10.6 Å². The number of hydrogen-bond donors (Lipinski definition) is 1. The highest BCUT2D eigenvalue weighted by atomic mass is 32.1. The minimum atomic E-state index is 0.593.